The summed E-state index contributed by atoms with van der Waals surface area (Å²) in [5, 5.41) is 0. The molecule has 0 radical (unpaired) electrons. The summed E-state index contributed by atoms with van der Waals surface area (Å²) in [7, 11) is 0. The molecule has 0 saturated heterocycles. The van der Waals surface area contributed by atoms with Crippen molar-refractivity contribution in [1.82, 2.24) is 0 Å². The lowest BCUT2D eigenvalue weighted by molar-refractivity contribution is -0.163. The van der Waals surface area contributed by atoms with Crippen LogP contribution in [0.1, 0.15) is 27.2 Å². The third-order valence-corrected chi connectivity index (χ3v) is 2.26. The Morgan fingerprint density at radius 3 is 1.80 bits per heavy atom. The molecule has 114 valence electrons. The van der Waals surface area contributed by atoms with Gasteiger partial charge in [-0.2, -0.15) is 0 Å². The molecule has 0 aromatic rings. The van der Waals surface area contributed by atoms with Gasteiger partial charge in [0, 0.05) is 12.5 Å². The van der Waals surface area contributed by atoms with Crippen molar-refractivity contribution in [2.24, 2.45) is 5.73 Å². The van der Waals surface area contributed by atoms with Gasteiger partial charge in [-0.1, -0.05) is 6.08 Å². The minimum atomic E-state index is -1.96. The van der Waals surface area contributed by atoms with Crippen molar-refractivity contribution >= 4 is 17.9 Å². The molecule has 0 amide bonds. The van der Waals surface area contributed by atoms with Crippen LogP contribution in [-0.4, -0.2) is 43.3 Å². The molecule has 0 aromatic heterocycles. The molecule has 0 aliphatic carbocycles. The van der Waals surface area contributed by atoms with Crippen LogP contribution in [0.15, 0.2) is 12.2 Å². The fourth-order valence-corrected chi connectivity index (χ4v) is 1.30. The van der Waals surface area contributed by atoms with Gasteiger partial charge in [-0.15, -0.1) is 0 Å². The van der Waals surface area contributed by atoms with Crippen LogP contribution in [0.25, 0.3) is 0 Å². The average Bonchev–Trinajstić information content (AvgIpc) is 2.39. The number of rotatable bonds is 8. The van der Waals surface area contributed by atoms with Crippen molar-refractivity contribution in [2.45, 2.75) is 32.7 Å². The van der Waals surface area contributed by atoms with E-state index in [1.54, 1.807) is 20.8 Å². The molecule has 2 N–H and O–H groups in total. The maximum atomic E-state index is 11.8. The predicted molar refractivity (Wildman–Crippen MR) is 70.6 cm³/mol. The molecule has 0 unspecified atom stereocenters. The lowest BCUT2D eigenvalue weighted by Crippen LogP contribution is -2.56. The van der Waals surface area contributed by atoms with E-state index in [9.17, 15) is 14.4 Å². The van der Waals surface area contributed by atoms with Gasteiger partial charge in [-0.05, 0) is 20.8 Å². The quantitative estimate of drug-likeness (QED) is 0.296. The molecule has 0 heterocycles. The number of esters is 3. The van der Waals surface area contributed by atoms with E-state index in [0.717, 1.165) is 6.08 Å². The van der Waals surface area contributed by atoms with Crippen molar-refractivity contribution in [3.8, 4) is 0 Å². The van der Waals surface area contributed by atoms with Gasteiger partial charge in [0.25, 0.3) is 0 Å². The second-order valence-corrected chi connectivity index (χ2v) is 3.77. The molecule has 0 saturated carbocycles. The Kier molecular flexibility index (Phi) is 8.23. The largest absolute Gasteiger partial charge is 0.464 e. The van der Waals surface area contributed by atoms with Crippen LogP contribution >= 0.6 is 0 Å². The highest BCUT2D eigenvalue weighted by Crippen LogP contribution is 2.13. The minimum Gasteiger partial charge on any atom is -0.464 e. The molecule has 0 aliphatic rings. The van der Waals surface area contributed by atoms with Crippen LogP contribution in [0.3, 0.4) is 0 Å². The van der Waals surface area contributed by atoms with Gasteiger partial charge in [0.05, 0.1) is 19.8 Å². The molecule has 0 atom stereocenters. The number of hydrogen-bond acceptors (Lipinski definition) is 7. The average molecular weight is 287 g/mol. The Bertz CT molecular complexity index is 359. The lowest BCUT2D eigenvalue weighted by Gasteiger charge is -2.23. The van der Waals surface area contributed by atoms with E-state index in [0.29, 0.717) is 0 Å². The van der Waals surface area contributed by atoms with Crippen LogP contribution < -0.4 is 5.73 Å². The van der Waals surface area contributed by atoms with Crippen molar-refractivity contribution in [3.05, 3.63) is 12.2 Å². The van der Waals surface area contributed by atoms with Gasteiger partial charge in [0.2, 0.25) is 5.54 Å². The molecule has 20 heavy (non-hydrogen) atoms. The fourth-order valence-electron chi connectivity index (χ4n) is 1.30. The van der Waals surface area contributed by atoms with Crippen molar-refractivity contribution in [1.29, 1.82) is 0 Å². The van der Waals surface area contributed by atoms with Gasteiger partial charge in [-0.25, -0.2) is 14.4 Å². The van der Waals surface area contributed by atoms with E-state index in [2.05, 4.69) is 4.74 Å². The third-order valence-electron chi connectivity index (χ3n) is 2.26. The second-order valence-electron chi connectivity index (χ2n) is 3.77. The Morgan fingerprint density at radius 2 is 1.40 bits per heavy atom. The van der Waals surface area contributed by atoms with Crippen molar-refractivity contribution < 1.29 is 28.6 Å². The summed E-state index contributed by atoms with van der Waals surface area (Å²) in [6.45, 7) is 5.25. The fraction of sp³-hybridized carbons (Fsp3) is 0.615. The Morgan fingerprint density at radius 1 is 0.950 bits per heavy atom. The number of hydrogen-bond donors (Lipinski definition) is 1. The number of carbonyl (C=O) groups is 3. The summed E-state index contributed by atoms with van der Waals surface area (Å²) in [5.74, 6) is -2.37. The first kappa shape index (κ1) is 18.1. The van der Waals surface area contributed by atoms with E-state index in [4.69, 9.17) is 15.2 Å². The van der Waals surface area contributed by atoms with Crippen LogP contribution in [-0.2, 0) is 28.6 Å². The first-order valence-corrected chi connectivity index (χ1v) is 6.38. The summed E-state index contributed by atoms with van der Waals surface area (Å²) in [6, 6.07) is 0. The van der Waals surface area contributed by atoms with E-state index in [1.807, 2.05) is 0 Å². The monoisotopic (exact) mass is 287 g/mol. The van der Waals surface area contributed by atoms with E-state index < -0.39 is 23.4 Å². The number of ether oxygens (including phenoxy) is 3. The maximum Gasteiger partial charge on any atom is 0.338 e. The van der Waals surface area contributed by atoms with Crippen LogP contribution in [0, 0.1) is 0 Å². The van der Waals surface area contributed by atoms with Gasteiger partial charge in [-0.3, -0.25) is 0 Å². The standard InChI is InChI=1S/C13H21NO6/c1-4-18-10(15)8-7-9-13(14,11(16)19-5-2)12(17)20-6-3/h7-8H,4-6,9,14H2,1-3H3. The second kappa shape index (κ2) is 9.08. The van der Waals surface area contributed by atoms with E-state index in [-0.39, 0.29) is 26.2 Å². The smallest absolute Gasteiger partial charge is 0.338 e. The minimum absolute atomic E-state index is 0.0821. The zero-order valence-corrected chi connectivity index (χ0v) is 12.0. The molecule has 0 spiro atoms. The van der Waals surface area contributed by atoms with Crippen LogP contribution in [0.4, 0.5) is 0 Å². The molecular weight excluding hydrogens is 266 g/mol. The molecule has 0 fully saturated rings. The molecule has 7 heteroatoms. The highest BCUT2D eigenvalue weighted by Gasteiger charge is 2.44. The molecule has 7 nitrogen and oxygen atoms in total. The Hall–Kier alpha value is -1.89. The summed E-state index contributed by atoms with van der Waals surface area (Å²) in [6.07, 6.45) is 2.17. The molecular formula is C13H21NO6. The van der Waals surface area contributed by atoms with E-state index >= 15 is 0 Å². The topological polar surface area (TPSA) is 105 Å². The SMILES string of the molecule is CCOC(=O)C=CCC(N)(C(=O)OCC)C(=O)OCC. The normalized spacial score (nSPS) is 11.2. The highest BCUT2D eigenvalue weighted by atomic mass is 16.6. The van der Waals surface area contributed by atoms with Crippen molar-refractivity contribution in [3.63, 3.8) is 0 Å². The van der Waals surface area contributed by atoms with Crippen LogP contribution in [0.5, 0.6) is 0 Å². The molecule has 0 aromatic carbocycles. The predicted octanol–water partition coefficient (Wildman–Crippen LogP) is 0.320. The lowest BCUT2D eigenvalue weighted by atomic mass is 9.96. The first-order valence-electron chi connectivity index (χ1n) is 6.38. The van der Waals surface area contributed by atoms with E-state index in [1.165, 1.54) is 6.08 Å². The highest BCUT2D eigenvalue weighted by molar-refractivity contribution is 6.05. The number of carbonyl (C=O) groups excluding carboxylic acids is 3. The van der Waals surface area contributed by atoms with Crippen LogP contribution in [0.2, 0.25) is 0 Å². The van der Waals surface area contributed by atoms with Gasteiger partial charge >= 0.3 is 17.9 Å². The number of nitrogens with two attached hydrogens (primary N) is 1. The van der Waals surface area contributed by atoms with Gasteiger partial charge in [0.15, 0.2) is 0 Å². The first-order chi connectivity index (χ1) is 9.42. The molecule has 0 aliphatic heterocycles. The van der Waals surface area contributed by atoms with Gasteiger partial charge in [0.1, 0.15) is 0 Å². The Balaban J connectivity index is 4.90. The Labute approximate surface area is 118 Å². The zero-order valence-electron chi connectivity index (χ0n) is 12.0. The van der Waals surface area contributed by atoms with Crippen molar-refractivity contribution in [2.75, 3.05) is 19.8 Å². The molecule has 0 rings (SSSR count). The zero-order chi connectivity index (χ0) is 15.6. The maximum absolute atomic E-state index is 11.8. The molecule has 0 bridgehead atoms. The third kappa shape index (κ3) is 5.40. The summed E-state index contributed by atoms with van der Waals surface area (Å²) in [5.41, 5.74) is 3.80. The summed E-state index contributed by atoms with van der Waals surface area (Å²) >= 11 is 0. The summed E-state index contributed by atoms with van der Waals surface area (Å²) < 4.78 is 14.2. The summed E-state index contributed by atoms with van der Waals surface area (Å²) in [4.78, 5) is 34.7. The van der Waals surface area contributed by atoms with Gasteiger partial charge < -0.3 is 19.9 Å².